The molecule has 3 heterocycles. The summed E-state index contributed by atoms with van der Waals surface area (Å²) in [5.74, 6) is 0.476. The van der Waals surface area contributed by atoms with Crippen LogP contribution >= 0.6 is 0 Å². The van der Waals surface area contributed by atoms with Crippen LogP contribution in [0.15, 0.2) is 24.5 Å². The van der Waals surface area contributed by atoms with Crippen molar-refractivity contribution in [3.05, 3.63) is 30.1 Å². The van der Waals surface area contributed by atoms with Gasteiger partial charge >= 0.3 is 6.03 Å². The zero-order valence-electron chi connectivity index (χ0n) is 14.9. The number of nitrogens with zero attached hydrogens (tertiary/aromatic N) is 3. The number of aromatic nitrogens is 1. The second kappa shape index (κ2) is 9.12. The van der Waals surface area contributed by atoms with E-state index in [0.717, 1.165) is 51.5 Å². The molecule has 0 aromatic carbocycles. The average Bonchev–Trinajstić information content (AvgIpc) is 3.18. The summed E-state index contributed by atoms with van der Waals surface area (Å²) in [6, 6.07) is 4.12. The van der Waals surface area contributed by atoms with Crippen molar-refractivity contribution < 1.29 is 14.3 Å². The summed E-state index contributed by atoms with van der Waals surface area (Å²) in [6.07, 6.45) is 4.55. The van der Waals surface area contributed by atoms with Gasteiger partial charge in [-0.3, -0.25) is 9.88 Å². The Morgan fingerprint density at radius 1 is 1.32 bits per heavy atom. The Morgan fingerprint density at radius 3 is 2.76 bits per heavy atom. The maximum absolute atomic E-state index is 12.5. The number of carbonyl (C=O) groups excluding carboxylic acids is 1. The first-order chi connectivity index (χ1) is 12.2. The first-order valence-corrected chi connectivity index (χ1v) is 9.01. The highest BCUT2D eigenvalue weighted by Gasteiger charge is 2.31. The summed E-state index contributed by atoms with van der Waals surface area (Å²) >= 11 is 0. The zero-order chi connectivity index (χ0) is 17.5. The molecule has 3 rings (SSSR count). The second-order valence-electron chi connectivity index (χ2n) is 6.74. The number of amides is 2. The van der Waals surface area contributed by atoms with Gasteiger partial charge < -0.3 is 19.7 Å². The predicted molar refractivity (Wildman–Crippen MR) is 94.2 cm³/mol. The molecule has 1 aromatic heterocycles. The smallest absolute Gasteiger partial charge is 0.317 e. The molecule has 1 N–H and O–H groups in total. The van der Waals surface area contributed by atoms with Gasteiger partial charge in [-0.2, -0.15) is 0 Å². The molecule has 2 atom stereocenters. The van der Waals surface area contributed by atoms with E-state index >= 15 is 0 Å². The minimum Gasteiger partial charge on any atom is -0.381 e. The molecular weight excluding hydrogens is 320 g/mol. The van der Waals surface area contributed by atoms with Crippen molar-refractivity contribution in [1.82, 2.24) is 20.1 Å². The summed E-state index contributed by atoms with van der Waals surface area (Å²) in [5.41, 5.74) is 1.07. The number of ether oxygens (including phenoxy) is 2. The van der Waals surface area contributed by atoms with Gasteiger partial charge in [0.25, 0.3) is 0 Å². The molecule has 2 amide bonds. The van der Waals surface area contributed by atoms with Crippen LogP contribution in [0.2, 0.25) is 0 Å². The quantitative estimate of drug-likeness (QED) is 0.829. The molecule has 7 heteroatoms. The van der Waals surface area contributed by atoms with Crippen LogP contribution in [0.25, 0.3) is 0 Å². The minimum absolute atomic E-state index is 0.0472. The van der Waals surface area contributed by atoms with Crippen LogP contribution in [0.3, 0.4) is 0 Å². The van der Waals surface area contributed by atoms with Crippen molar-refractivity contribution in [2.45, 2.75) is 19.0 Å². The Hall–Kier alpha value is -1.70. The Morgan fingerprint density at radius 2 is 2.08 bits per heavy atom. The van der Waals surface area contributed by atoms with Crippen molar-refractivity contribution in [1.29, 1.82) is 0 Å². The van der Waals surface area contributed by atoms with Gasteiger partial charge in [-0.15, -0.1) is 0 Å². The van der Waals surface area contributed by atoms with E-state index in [2.05, 4.69) is 15.2 Å². The molecule has 2 aliphatic heterocycles. The van der Waals surface area contributed by atoms with Crippen molar-refractivity contribution in [2.24, 2.45) is 5.92 Å². The summed E-state index contributed by atoms with van der Waals surface area (Å²) < 4.78 is 11.0. The number of hydrogen-bond donors (Lipinski definition) is 1. The van der Waals surface area contributed by atoms with Crippen LogP contribution in [-0.2, 0) is 16.0 Å². The topological polar surface area (TPSA) is 66.9 Å². The number of carbonyl (C=O) groups is 1. The van der Waals surface area contributed by atoms with E-state index in [-0.39, 0.29) is 6.03 Å². The molecule has 2 fully saturated rings. The molecular formula is C18H28N4O3. The molecule has 0 bridgehead atoms. The lowest BCUT2D eigenvalue weighted by Gasteiger charge is -2.37. The third-order valence-electron chi connectivity index (χ3n) is 5.00. The molecule has 0 radical (unpaired) electrons. The highest BCUT2D eigenvalue weighted by atomic mass is 16.5. The summed E-state index contributed by atoms with van der Waals surface area (Å²) in [6.45, 7) is 6.19. The third-order valence-corrected chi connectivity index (χ3v) is 5.00. The molecule has 0 spiro atoms. The van der Waals surface area contributed by atoms with Crippen LogP contribution in [0.5, 0.6) is 0 Å². The number of rotatable bonds is 6. The first kappa shape index (κ1) is 18.1. The molecule has 1 aromatic rings. The maximum Gasteiger partial charge on any atom is 0.317 e. The van der Waals surface area contributed by atoms with Gasteiger partial charge in [0.1, 0.15) is 0 Å². The Kier molecular flexibility index (Phi) is 6.61. The van der Waals surface area contributed by atoms with Crippen LogP contribution < -0.4 is 5.32 Å². The van der Waals surface area contributed by atoms with Gasteiger partial charge in [-0.05, 0) is 24.1 Å². The van der Waals surface area contributed by atoms with Gasteiger partial charge in [0.2, 0.25) is 0 Å². The van der Waals surface area contributed by atoms with Gasteiger partial charge in [-0.1, -0.05) is 0 Å². The lowest BCUT2D eigenvalue weighted by Crippen LogP contribution is -2.53. The summed E-state index contributed by atoms with van der Waals surface area (Å²) in [7, 11) is 1.82. The monoisotopic (exact) mass is 348 g/mol. The largest absolute Gasteiger partial charge is 0.381 e. The lowest BCUT2D eigenvalue weighted by molar-refractivity contribution is 0.00190. The van der Waals surface area contributed by atoms with E-state index in [1.807, 2.05) is 19.2 Å². The fraction of sp³-hybridized carbons (Fsp3) is 0.667. The maximum atomic E-state index is 12.5. The highest BCUT2D eigenvalue weighted by Crippen LogP contribution is 2.21. The molecule has 2 saturated heterocycles. The van der Waals surface area contributed by atoms with Crippen LogP contribution in [0, 0.1) is 5.92 Å². The zero-order valence-corrected chi connectivity index (χ0v) is 14.9. The molecule has 0 unspecified atom stereocenters. The Labute approximate surface area is 149 Å². The standard InChI is InChI=1S/C18H28N4O3/c1-21(13-15-2-5-19-6-3-15)18(23)20-12-17(16-4-9-25-14-16)22-7-10-24-11-8-22/h2-3,5-6,16-17H,4,7-14H2,1H3,(H,20,23)/t16-,17-/m1/s1. The second-order valence-corrected chi connectivity index (χ2v) is 6.74. The van der Waals surface area contributed by atoms with E-state index in [0.29, 0.717) is 25.0 Å². The van der Waals surface area contributed by atoms with E-state index in [1.165, 1.54) is 0 Å². The fourth-order valence-corrected chi connectivity index (χ4v) is 3.52. The minimum atomic E-state index is -0.0472. The van der Waals surface area contributed by atoms with Gasteiger partial charge in [0.05, 0.1) is 19.8 Å². The predicted octanol–water partition coefficient (Wildman–Crippen LogP) is 0.960. The molecule has 138 valence electrons. The first-order valence-electron chi connectivity index (χ1n) is 9.01. The SMILES string of the molecule is CN(Cc1ccncc1)C(=O)NC[C@H]([C@@H]1CCOC1)N1CCOCC1. The van der Waals surface area contributed by atoms with Gasteiger partial charge in [0.15, 0.2) is 0 Å². The third kappa shape index (κ3) is 5.14. The lowest BCUT2D eigenvalue weighted by atomic mass is 9.97. The molecule has 7 nitrogen and oxygen atoms in total. The van der Waals surface area contributed by atoms with E-state index in [1.54, 1.807) is 17.3 Å². The number of morpholine rings is 1. The number of pyridine rings is 1. The Balaban J connectivity index is 1.53. The Bertz CT molecular complexity index is 530. The van der Waals surface area contributed by atoms with Crippen molar-refractivity contribution in [2.75, 3.05) is 53.1 Å². The van der Waals surface area contributed by atoms with Crippen molar-refractivity contribution in [3.8, 4) is 0 Å². The fourth-order valence-electron chi connectivity index (χ4n) is 3.52. The van der Waals surface area contributed by atoms with Gasteiger partial charge in [-0.25, -0.2) is 4.79 Å². The van der Waals surface area contributed by atoms with Crippen LogP contribution in [-0.4, -0.2) is 80.0 Å². The summed E-state index contributed by atoms with van der Waals surface area (Å²) in [4.78, 5) is 20.6. The highest BCUT2D eigenvalue weighted by molar-refractivity contribution is 5.73. The average molecular weight is 348 g/mol. The van der Waals surface area contributed by atoms with Crippen LogP contribution in [0.4, 0.5) is 4.79 Å². The van der Waals surface area contributed by atoms with E-state index < -0.39 is 0 Å². The van der Waals surface area contributed by atoms with E-state index in [4.69, 9.17) is 9.47 Å². The normalized spacial score (nSPS) is 22.5. The number of hydrogen-bond acceptors (Lipinski definition) is 5. The van der Waals surface area contributed by atoms with Crippen molar-refractivity contribution >= 4 is 6.03 Å². The van der Waals surface area contributed by atoms with E-state index in [9.17, 15) is 4.79 Å². The summed E-state index contributed by atoms with van der Waals surface area (Å²) in [5, 5.41) is 3.11. The van der Waals surface area contributed by atoms with Crippen molar-refractivity contribution in [3.63, 3.8) is 0 Å². The molecule has 0 saturated carbocycles. The number of nitrogens with one attached hydrogen (secondary N) is 1. The van der Waals surface area contributed by atoms with Crippen LogP contribution in [0.1, 0.15) is 12.0 Å². The molecule has 25 heavy (non-hydrogen) atoms. The van der Waals surface area contributed by atoms with Gasteiger partial charge in [0, 0.05) is 64.2 Å². The molecule has 2 aliphatic rings. The number of urea groups is 1. The molecule has 0 aliphatic carbocycles.